The Morgan fingerprint density at radius 3 is 2.34 bits per heavy atom. The van der Waals surface area contributed by atoms with Crippen molar-refractivity contribution in [2.24, 2.45) is 0 Å². The van der Waals surface area contributed by atoms with Gasteiger partial charge in [-0.2, -0.15) is 0 Å². The molecule has 0 unspecified atom stereocenters. The number of hydrogen-bond donors (Lipinski definition) is 1. The summed E-state index contributed by atoms with van der Waals surface area (Å²) in [6.07, 6.45) is 0.623. The molecule has 1 N–H and O–H groups in total. The highest BCUT2D eigenvalue weighted by atomic mass is 32.1. The summed E-state index contributed by atoms with van der Waals surface area (Å²) >= 11 is 1.44. The van der Waals surface area contributed by atoms with Crippen LogP contribution >= 0.6 is 11.3 Å². The van der Waals surface area contributed by atoms with Gasteiger partial charge in [0, 0.05) is 37.1 Å². The highest BCUT2D eigenvalue weighted by molar-refractivity contribution is 7.14. The molecule has 0 aliphatic heterocycles. The molecule has 1 amide bonds. The van der Waals surface area contributed by atoms with Crippen LogP contribution in [0.15, 0.2) is 66.7 Å². The maximum Gasteiger partial charge on any atom is 0.220 e. The molecule has 0 aliphatic carbocycles. The third-order valence-corrected chi connectivity index (χ3v) is 5.96. The highest BCUT2D eigenvalue weighted by Gasteiger charge is 2.12. The van der Waals surface area contributed by atoms with E-state index in [-0.39, 0.29) is 43.2 Å². The average molecular weight is 450 g/mol. The van der Waals surface area contributed by atoms with E-state index in [1.54, 1.807) is 6.07 Å². The molecule has 32 heavy (non-hydrogen) atoms. The van der Waals surface area contributed by atoms with E-state index in [4.69, 9.17) is 4.74 Å². The molecule has 5 nitrogen and oxygen atoms in total. The molecule has 0 radical (unpaired) electrons. The van der Waals surface area contributed by atoms with Crippen LogP contribution in [0.25, 0.3) is 0 Å². The van der Waals surface area contributed by atoms with Gasteiger partial charge in [0.05, 0.1) is 4.88 Å². The summed E-state index contributed by atoms with van der Waals surface area (Å²) in [7, 11) is 0. The Hall–Kier alpha value is -3.25. The summed E-state index contributed by atoms with van der Waals surface area (Å²) in [5.41, 5.74) is 2.01. The first kappa shape index (κ1) is 23.4. The number of carbonyl (C=O) groups is 3. The van der Waals surface area contributed by atoms with Gasteiger partial charge in [-0.25, -0.2) is 0 Å². The van der Waals surface area contributed by atoms with Crippen LogP contribution in [0, 0.1) is 6.92 Å². The number of aryl methyl sites for hydroxylation is 1. The van der Waals surface area contributed by atoms with Gasteiger partial charge in [0.15, 0.2) is 5.78 Å². The largest absolute Gasteiger partial charge is 0.489 e. The van der Waals surface area contributed by atoms with E-state index in [1.165, 1.54) is 11.3 Å². The third kappa shape index (κ3) is 7.78. The Balaban J connectivity index is 1.35. The molecule has 1 aromatic heterocycles. The molecule has 0 fully saturated rings. The van der Waals surface area contributed by atoms with Crippen LogP contribution in [0.3, 0.4) is 0 Å². The average Bonchev–Trinajstić information content (AvgIpc) is 3.26. The van der Waals surface area contributed by atoms with Crippen molar-refractivity contribution in [1.29, 1.82) is 0 Å². The number of carbonyl (C=O) groups excluding carboxylic acids is 3. The van der Waals surface area contributed by atoms with E-state index in [1.807, 2.05) is 67.6 Å². The zero-order valence-corrected chi connectivity index (χ0v) is 19.0. The Morgan fingerprint density at radius 2 is 1.59 bits per heavy atom. The first-order valence-corrected chi connectivity index (χ1v) is 11.4. The fourth-order valence-electron chi connectivity index (χ4n) is 3.11. The summed E-state index contributed by atoms with van der Waals surface area (Å²) in [6, 6.07) is 21.2. The lowest BCUT2D eigenvalue weighted by Gasteiger charge is -2.09. The van der Waals surface area contributed by atoms with Crippen molar-refractivity contribution in [3.05, 3.63) is 87.6 Å². The van der Waals surface area contributed by atoms with Crippen LogP contribution < -0.4 is 10.1 Å². The van der Waals surface area contributed by atoms with Crippen molar-refractivity contribution in [3.8, 4) is 5.75 Å². The highest BCUT2D eigenvalue weighted by Crippen LogP contribution is 2.18. The summed E-state index contributed by atoms with van der Waals surface area (Å²) in [4.78, 5) is 38.0. The number of hydrogen-bond acceptors (Lipinski definition) is 5. The molecule has 6 heteroatoms. The molecular formula is C26H27NO4S. The number of benzene rings is 2. The zero-order chi connectivity index (χ0) is 22.8. The van der Waals surface area contributed by atoms with E-state index in [2.05, 4.69) is 5.32 Å². The Bertz CT molecular complexity index is 1060. The van der Waals surface area contributed by atoms with Crippen molar-refractivity contribution < 1.29 is 19.1 Å². The number of ether oxygens (including phenoxy) is 1. The van der Waals surface area contributed by atoms with Crippen LogP contribution in [0.1, 0.15) is 51.4 Å². The van der Waals surface area contributed by atoms with Gasteiger partial charge in [0.1, 0.15) is 18.1 Å². The van der Waals surface area contributed by atoms with Gasteiger partial charge in [0.2, 0.25) is 5.91 Å². The van der Waals surface area contributed by atoms with Crippen LogP contribution in [0.2, 0.25) is 0 Å². The standard InChI is InChI=1S/C26H27NO4S/c1-19-10-14-25(32-19)24(29)13-11-22(28)12-15-26(30)27-17-21-8-5-9-23(16-21)31-18-20-6-3-2-4-7-20/h2-10,14,16H,11-13,15,17-18H2,1H3,(H,27,30). The number of Topliss-reactive ketones (excluding diaryl/α,β-unsaturated/α-hetero) is 2. The topological polar surface area (TPSA) is 72.5 Å². The Labute approximate surface area is 192 Å². The number of nitrogens with one attached hydrogen (secondary N) is 1. The van der Waals surface area contributed by atoms with Gasteiger partial charge in [-0.05, 0) is 42.3 Å². The van der Waals surface area contributed by atoms with Crippen molar-refractivity contribution >= 4 is 28.8 Å². The lowest BCUT2D eigenvalue weighted by atomic mass is 10.1. The Morgan fingerprint density at radius 1 is 0.844 bits per heavy atom. The number of rotatable bonds is 12. The van der Waals surface area contributed by atoms with Crippen molar-refractivity contribution in [2.45, 2.75) is 45.8 Å². The fourth-order valence-corrected chi connectivity index (χ4v) is 3.95. The first-order valence-electron chi connectivity index (χ1n) is 10.6. The number of thiophene rings is 1. The molecule has 0 saturated carbocycles. The van der Waals surface area contributed by atoms with E-state index in [9.17, 15) is 14.4 Å². The SMILES string of the molecule is Cc1ccc(C(=O)CCC(=O)CCC(=O)NCc2cccc(OCc3ccccc3)c2)s1. The molecular weight excluding hydrogens is 422 g/mol. The van der Waals surface area contributed by atoms with Gasteiger partial charge in [-0.1, -0.05) is 42.5 Å². The normalized spacial score (nSPS) is 10.5. The van der Waals surface area contributed by atoms with Crippen LogP contribution in [0.4, 0.5) is 0 Å². The maximum atomic E-state index is 12.1. The van der Waals surface area contributed by atoms with Gasteiger partial charge in [0.25, 0.3) is 0 Å². The summed E-state index contributed by atoms with van der Waals surface area (Å²) in [5.74, 6) is 0.462. The second kappa shape index (κ2) is 12.0. The Kier molecular flexibility index (Phi) is 8.75. The van der Waals surface area contributed by atoms with Crippen LogP contribution in [-0.2, 0) is 22.7 Å². The summed E-state index contributed by atoms with van der Waals surface area (Å²) in [5, 5.41) is 2.84. The van der Waals surface area contributed by atoms with Gasteiger partial charge >= 0.3 is 0 Å². The minimum absolute atomic E-state index is 0.0183. The monoisotopic (exact) mass is 449 g/mol. The van der Waals surface area contributed by atoms with Crippen molar-refractivity contribution in [1.82, 2.24) is 5.32 Å². The summed E-state index contributed by atoms with van der Waals surface area (Å²) in [6.45, 7) is 2.79. The van der Waals surface area contributed by atoms with E-state index in [0.29, 0.717) is 18.0 Å². The van der Waals surface area contributed by atoms with Gasteiger partial charge in [-0.3, -0.25) is 14.4 Å². The van der Waals surface area contributed by atoms with E-state index < -0.39 is 0 Å². The van der Waals surface area contributed by atoms with Crippen molar-refractivity contribution in [2.75, 3.05) is 0 Å². The van der Waals surface area contributed by atoms with Gasteiger partial charge in [-0.15, -0.1) is 11.3 Å². The molecule has 0 aliphatic rings. The second-order valence-electron chi connectivity index (χ2n) is 7.57. The summed E-state index contributed by atoms with van der Waals surface area (Å²) < 4.78 is 5.81. The predicted molar refractivity (Wildman–Crippen MR) is 126 cm³/mol. The smallest absolute Gasteiger partial charge is 0.220 e. The number of amides is 1. The predicted octanol–water partition coefficient (Wildman–Crippen LogP) is 5.26. The second-order valence-corrected chi connectivity index (χ2v) is 8.86. The van der Waals surface area contributed by atoms with Crippen LogP contribution in [0.5, 0.6) is 5.75 Å². The minimum atomic E-state index is -0.186. The molecule has 0 bridgehead atoms. The molecule has 3 aromatic rings. The third-order valence-electron chi connectivity index (χ3n) is 4.91. The van der Waals surface area contributed by atoms with E-state index in [0.717, 1.165) is 21.8 Å². The zero-order valence-electron chi connectivity index (χ0n) is 18.1. The lowest BCUT2D eigenvalue weighted by Crippen LogP contribution is -2.23. The van der Waals surface area contributed by atoms with E-state index >= 15 is 0 Å². The lowest BCUT2D eigenvalue weighted by molar-refractivity contribution is -0.125. The molecule has 3 rings (SSSR count). The molecule has 0 saturated heterocycles. The molecule has 1 heterocycles. The number of ketones is 2. The van der Waals surface area contributed by atoms with Gasteiger partial charge < -0.3 is 10.1 Å². The first-order chi connectivity index (χ1) is 15.5. The minimum Gasteiger partial charge on any atom is -0.489 e. The quantitative estimate of drug-likeness (QED) is 0.383. The fraction of sp³-hybridized carbons (Fsp3) is 0.269. The molecule has 0 spiro atoms. The maximum absolute atomic E-state index is 12.1. The molecule has 2 aromatic carbocycles. The van der Waals surface area contributed by atoms with Crippen molar-refractivity contribution in [3.63, 3.8) is 0 Å². The molecule has 0 atom stereocenters. The molecule has 166 valence electrons. The van der Waals surface area contributed by atoms with Crippen LogP contribution in [-0.4, -0.2) is 17.5 Å².